The van der Waals surface area contributed by atoms with Gasteiger partial charge in [-0.15, -0.1) is 0 Å². The van der Waals surface area contributed by atoms with Gasteiger partial charge in [-0.05, 0) is 25.1 Å². The SMILES string of the molecule is CCN(C(C)COC)C(CN)c1cccnc1. The first-order valence-electron chi connectivity index (χ1n) is 6.09. The Hall–Kier alpha value is -0.970. The Balaban J connectivity index is 2.83. The molecule has 0 saturated carbocycles. The Morgan fingerprint density at radius 2 is 2.29 bits per heavy atom. The number of likely N-dealkylation sites (N-methyl/N-ethyl adjacent to an activating group) is 1. The average molecular weight is 237 g/mol. The fourth-order valence-corrected chi connectivity index (χ4v) is 2.21. The molecule has 2 N–H and O–H groups in total. The number of ether oxygens (including phenoxy) is 1. The highest BCUT2D eigenvalue weighted by Gasteiger charge is 2.22. The zero-order valence-corrected chi connectivity index (χ0v) is 11.0. The number of hydrogen-bond acceptors (Lipinski definition) is 4. The van der Waals surface area contributed by atoms with Crippen LogP contribution in [0.4, 0.5) is 0 Å². The largest absolute Gasteiger partial charge is 0.383 e. The molecule has 0 amide bonds. The van der Waals surface area contributed by atoms with Gasteiger partial charge in [-0.2, -0.15) is 0 Å². The zero-order chi connectivity index (χ0) is 12.7. The normalized spacial score (nSPS) is 14.9. The molecule has 0 aliphatic rings. The van der Waals surface area contributed by atoms with Crippen LogP contribution in [0.25, 0.3) is 0 Å². The van der Waals surface area contributed by atoms with Gasteiger partial charge >= 0.3 is 0 Å². The molecule has 0 fully saturated rings. The summed E-state index contributed by atoms with van der Waals surface area (Å²) in [4.78, 5) is 6.51. The highest BCUT2D eigenvalue weighted by atomic mass is 16.5. The molecule has 4 nitrogen and oxygen atoms in total. The van der Waals surface area contributed by atoms with E-state index >= 15 is 0 Å². The van der Waals surface area contributed by atoms with Gasteiger partial charge in [0.2, 0.25) is 0 Å². The maximum Gasteiger partial charge on any atom is 0.0615 e. The van der Waals surface area contributed by atoms with Gasteiger partial charge in [-0.1, -0.05) is 13.0 Å². The lowest BCUT2D eigenvalue weighted by Gasteiger charge is -2.34. The molecule has 0 bridgehead atoms. The van der Waals surface area contributed by atoms with Gasteiger partial charge in [0.05, 0.1) is 6.61 Å². The maximum absolute atomic E-state index is 5.90. The molecular formula is C13H23N3O. The first-order valence-corrected chi connectivity index (χ1v) is 6.09. The summed E-state index contributed by atoms with van der Waals surface area (Å²) in [7, 11) is 1.73. The van der Waals surface area contributed by atoms with Crippen molar-refractivity contribution in [1.82, 2.24) is 9.88 Å². The lowest BCUT2D eigenvalue weighted by molar-refractivity contribution is 0.0750. The lowest BCUT2D eigenvalue weighted by Crippen LogP contribution is -2.42. The van der Waals surface area contributed by atoms with E-state index in [9.17, 15) is 0 Å². The van der Waals surface area contributed by atoms with Crippen LogP contribution in [-0.2, 0) is 4.74 Å². The van der Waals surface area contributed by atoms with Gasteiger partial charge in [0.1, 0.15) is 0 Å². The van der Waals surface area contributed by atoms with Crippen molar-refractivity contribution in [2.75, 3.05) is 26.8 Å². The minimum absolute atomic E-state index is 0.207. The number of methoxy groups -OCH3 is 1. The van der Waals surface area contributed by atoms with Gasteiger partial charge in [0.25, 0.3) is 0 Å². The number of aromatic nitrogens is 1. The van der Waals surface area contributed by atoms with Gasteiger partial charge in [-0.25, -0.2) is 0 Å². The number of nitrogens with zero attached hydrogens (tertiary/aromatic N) is 2. The summed E-state index contributed by atoms with van der Waals surface area (Å²) in [6, 6.07) is 4.58. The number of rotatable bonds is 7. The predicted octanol–water partition coefficient (Wildman–Crippen LogP) is 1.44. The van der Waals surface area contributed by atoms with Crippen LogP contribution in [-0.4, -0.2) is 42.7 Å². The highest BCUT2D eigenvalue weighted by Crippen LogP contribution is 2.20. The van der Waals surface area contributed by atoms with Crippen molar-refractivity contribution in [3.63, 3.8) is 0 Å². The van der Waals surface area contributed by atoms with E-state index in [4.69, 9.17) is 10.5 Å². The molecule has 0 saturated heterocycles. The molecule has 96 valence electrons. The second kappa shape index (κ2) is 7.37. The number of hydrogen-bond donors (Lipinski definition) is 1. The maximum atomic E-state index is 5.90. The van der Waals surface area contributed by atoms with Crippen molar-refractivity contribution in [3.8, 4) is 0 Å². The molecule has 2 unspecified atom stereocenters. The van der Waals surface area contributed by atoms with Crippen LogP contribution in [0, 0.1) is 0 Å². The van der Waals surface area contributed by atoms with Gasteiger partial charge in [-0.3, -0.25) is 9.88 Å². The van der Waals surface area contributed by atoms with E-state index in [1.165, 1.54) is 5.56 Å². The molecule has 1 aromatic heterocycles. The molecule has 1 heterocycles. The fourth-order valence-electron chi connectivity index (χ4n) is 2.21. The Morgan fingerprint density at radius 3 is 2.76 bits per heavy atom. The minimum atomic E-state index is 0.207. The van der Waals surface area contributed by atoms with Crippen LogP contribution in [0.2, 0.25) is 0 Å². The molecule has 0 aromatic carbocycles. The van der Waals surface area contributed by atoms with E-state index in [1.807, 2.05) is 12.3 Å². The molecule has 2 atom stereocenters. The molecule has 1 aromatic rings. The summed E-state index contributed by atoms with van der Waals surface area (Å²) in [6.07, 6.45) is 3.67. The molecule has 17 heavy (non-hydrogen) atoms. The Kier molecular flexibility index (Phi) is 6.11. The van der Waals surface area contributed by atoms with Crippen LogP contribution < -0.4 is 5.73 Å². The van der Waals surface area contributed by atoms with Crippen LogP contribution >= 0.6 is 0 Å². The van der Waals surface area contributed by atoms with Crippen molar-refractivity contribution >= 4 is 0 Å². The molecule has 0 aliphatic carbocycles. The number of nitrogens with two attached hydrogens (primary N) is 1. The van der Waals surface area contributed by atoms with E-state index in [0.29, 0.717) is 19.2 Å². The van der Waals surface area contributed by atoms with E-state index in [0.717, 1.165) is 6.54 Å². The van der Waals surface area contributed by atoms with Gasteiger partial charge in [0, 0.05) is 38.1 Å². The fraction of sp³-hybridized carbons (Fsp3) is 0.615. The third-order valence-corrected chi connectivity index (χ3v) is 3.03. The summed E-state index contributed by atoms with van der Waals surface area (Å²) >= 11 is 0. The smallest absolute Gasteiger partial charge is 0.0615 e. The Morgan fingerprint density at radius 1 is 1.53 bits per heavy atom. The Labute approximate surface area is 104 Å². The van der Waals surface area contributed by atoms with E-state index in [2.05, 4.69) is 29.8 Å². The monoisotopic (exact) mass is 237 g/mol. The van der Waals surface area contributed by atoms with E-state index in [1.54, 1.807) is 13.3 Å². The third-order valence-electron chi connectivity index (χ3n) is 3.03. The van der Waals surface area contributed by atoms with E-state index < -0.39 is 0 Å². The predicted molar refractivity (Wildman–Crippen MR) is 69.8 cm³/mol. The summed E-state index contributed by atoms with van der Waals surface area (Å²) in [5, 5.41) is 0. The Bertz CT molecular complexity index is 305. The van der Waals surface area contributed by atoms with Crippen LogP contribution in [0.3, 0.4) is 0 Å². The van der Waals surface area contributed by atoms with Crippen molar-refractivity contribution in [2.24, 2.45) is 5.73 Å². The third kappa shape index (κ3) is 3.77. The first-order chi connectivity index (χ1) is 8.24. The van der Waals surface area contributed by atoms with Gasteiger partial charge < -0.3 is 10.5 Å². The van der Waals surface area contributed by atoms with Crippen LogP contribution in [0.15, 0.2) is 24.5 Å². The zero-order valence-electron chi connectivity index (χ0n) is 11.0. The summed E-state index contributed by atoms with van der Waals surface area (Å²) in [6.45, 7) is 6.55. The minimum Gasteiger partial charge on any atom is -0.383 e. The van der Waals surface area contributed by atoms with Crippen molar-refractivity contribution in [2.45, 2.75) is 25.9 Å². The molecule has 0 aliphatic heterocycles. The second-order valence-corrected chi connectivity index (χ2v) is 4.17. The molecule has 0 radical (unpaired) electrons. The van der Waals surface area contributed by atoms with Crippen molar-refractivity contribution in [1.29, 1.82) is 0 Å². The highest BCUT2D eigenvalue weighted by molar-refractivity contribution is 5.14. The second-order valence-electron chi connectivity index (χ2n) is 4.17. The molecular weight excluding hydrogens is 214 g/mol. The first kappa shape index (κ1) is 14.1. The van der Waals surface area contributed by atoms with Crippen LogP contribution in [0.5, 0.6) is 0 Å². The summed E-state index contributed by atoms with van der Waals surface area (Å²) in [5.41, 5.74) is 7.07. The summed E-state index contributed by atoms with van der Waals surface area (Å²) < 4.78 is 5.22. The number of pyridine rings is 1. The van der Waals surface area contributed by atoms with Crippen molar-refractivity contribution in [3.05, 3.63) is 30.1 Å². The molecule has 0 spiro atoms. The molecule has 4 heteroatoms. The topological polar surface area (TPSA) is 51.4 Å². The van der Waals surface area contributed by atoms with Gasteiger partial charge in [0.15, 0.2) is 0 Å². The van der Waals surface area contributed by atoms with Crippen LogP contribution in [0.1, 0.15) is 25.5 Å². The average Bonchev–Trinajstić information content (AvgIpc) is 2.37. The standard InChI is InChI=1S/C13H23N3O/c1-4-16(11(2)10-17-3)13(8-14)12-6-5-7-15-9-12/h5-7,9,11,13H,4,8,10,14H2,1-3H3. The van der Waals surface area contributed by atoms with Crippen molar-refractivity contribution < 1.29 is 4.74 Å². The quantitative estimate of drug-likeness (QED) is 0.779. The lowest BCUT2D eigenvalue weighted by atomic mass is 10.1. The summed E-state index contributed by atoms with van der Waals surface area (Å²) in [5.74, 6) is 0. The van der Waals surface area contributed by atoms with E-state index in [-0.39, 0.29) is 6.04 Å². The molecule has 1 rings (SSSR count).